The first-order chi connectivity index (χ1) is 12.7. The Balaban J connectivity index is 1.71. The normalized spacial score (nSPS) is 11.4. The number of rotatable bonds is 4. The summed E-state index contributed by atoms with van der Waals surface area (Å²) in [6.07, 6.45) is 3.65. The van der Waals surface area contributed by atoms with Gasteiger partial charge in [0.2, 0.25) is 0 Å². The number of hydrogen-bond acceptors (Lipinski definition) is 2. The summed E-state index contributed by atoms with van der Waals surface area (Å²) < 4.78 is 2.19. The van der Waals surface area contributed by atoms with Crippen molar-refractivity contribution in [2.45, 2.75) is 6.54 Å². The summed E-state index contributed by atoms with van der Waals surface area (Å²) in [6, 6.07) is 22.3. The molecule has 2 amide bonds. The van der Waals surface area contributed by atoms with Gasteiger partial charge in [-0.05, 0) is 28.5 Å². The molecule has 4 aromatic rings. The van der Waals surface area contributed by atoms with Gasteiger partial charge in [0.15, 0.2) is 0 Å². The number of hydrogen-bond donors (Lipinski definition) is 2. The van der Waals surface area contributed by atoms with E-state index in [-0.39, 0.29) is 0 Å². The third-order valence-corrected chi connectivity index (χ3v) is 4.36. The molecule has 0 aliphatic carbocycles. The fourth-order valence-corrected chi connectivity index (χ4v) is 3.21. The predicted molar refractivity (Wildman–Crippen MR) is 105 cm³/mol. The number of nitrogens with zero attached hydrogens (tertiary/aromatic N) is 2. The summed E-state index contributed by atoms with van der Waals surface area (Å²) in [4.78, 5) is 10.8. The van der Waals surface area contributed by atoms with Crippen LogP contribution in [-0.2, 0) is 6.54 Å². The summed E-state index contributed by atoms with van der Waals surface area (Å²) in [5.74, 6) is 0. The van der Waals surface area contributed by atoms with E-state index in [9.17, 15) is 4.79 Å². The Morgan fingerprint density at radius 1 is 1.04 bits per heavy atom. The molecule has 26 heavy (non-hydrogen) atoms. The second kappa shape index (κ2) is 6.72. The molecule has 0 spiro atoms. The van der Waals surface area contributed by atoms with Crippen molar-refractivity contribution in [2.24, 2.45) is 10.8 Å². The number of benzene rings is 3. The Morgan fingerprint density at radius 3 is 2.65 bits per heavy atom. The summed E-state index contributed by atoms with van der Waals surface area (Å²) in [7, 11) is 0. The average Bonchev–Trinajstić information content (AvgIpc) is 2.99. The van der Waals surface area contributed by atoms with Crippen molar-refractivity contribution in [1.82, 2.24) is 9.99 Å². The molecule has 0 atom stereocenters. The quantitative estimate of drug-likeness (QED) is 0.429. The van der Waals surface area contributed by atoms with E-state index in [1.54, 1.807) is 6.21 Å². The second-order valence-electron chi connectivity index (χ2n) is 6.15. The lowest BCUT2D eigenvalue weighted by molar-refractivity contribution is 0.249. The topological polar surface area (TPSA) is 72.4 Å². The van der Waals surface area contributed by atoms with Crippen LogP contribution in [0.4, 0.5) is 4.79 Å². The summed E-state index contributed by atoms with van der Waals surface area (Å²) in [5.41, 5.74) is 10.6. The van der Waals surface area contributed by atoms with Gasteiger partial charge in [0.25, 0.3) is 0 Å². The van der Waals surface area contributed by atoms with Gasteiger partial charge in [0, 0.05) is 29.2 Å². The molecule has 4 rings (SSSR count). The van der Waals surface area contributed by atoms with Gasteiger partial charge in [-0.3, -0.25) is 0 Å². The largest absolute Gasteiger partial charge is 0.350 e. The van der Waals surface area contributed by atoms with Crippen molar-refractivity contribution in [3.05, 3.63) is 84.1 Å². The van der Waals surface area contributed by atoms with Crippen LogP contribution in [0.5, 0.6) is 0 Å². The van der Waals surface area contributed by atoms with Crippen LogP contribution < -0.4 is 11.2 Å². The molecule has 0 fully saturated rings. The Kier molecular flexibility index (Phi) is 4.11. The third-order valence-electron chi connectivity index (χ3n) is 4.36. The smallest absolute Gasteiger partial charge is 0.332 e. The standard InChI is InChI=1S/C21H18N4O/c22-21(26)24-23-12-18-14-25(20-8-4-3-7-19(18)20)13-15-9-10-16-5-1-2-6-17(16)11-15/h1-12,14H,13H2,(H3,22,24,26)/b23-12-. The molecule has 3 aromatic carbocycles. The summed E-state index contributed by atoms with van der Waals surface area (Å²) in [5, 5.41) is 7.43. The molecule has 128 valence electrons. The maximum absolute atomic E-state index is 10.8. The van der Waals surface area contributed by atoms with E-state index in [0.717, 1.165) is 23.0 Å². The van der Waals surface area contributed by atoms with Crippen LogP contribution in [0.2, 0.25) is 0 Å². The Labute approximate surface area is 150 Å². The highest BCUT2D eigenvalue weighted by Crippen LogP contribution is 2.22. The van der Waals surface area contributed by atoms with Crippen LogP contribution in [0.15, 0.2) is 78.0 Å². The highest BCUT2D eigenvalue weighted by Gasteiger charge is 2.07. The van der Waals surface area contributed by atoms with Gasteiger partial charge in [0.1, 0.15) is 0 Å². The molecule has 0 radical (unpaired) electrons. The molecule has 1 aromatic heterocycles. The minimum atomic E-state index is -0.679. The molecule has 1 heterocycles. The van der Waals surface area contributed by atoms with Crippen LogP contribution in [0.25, 0.3) is 21.7 Å². The first kappa shape index (κ1) is 15.9. The average molecular weight is 342 g/mol. The number of para-hydroxylation sites is 1. The zero-order valence-corrected chi connectivity index (χ0v) is 14.1. The molecule has 0 saturated carbocycles. The van der Waals surface area contributed by atoms with Crippen LogP contribution in [0, 0.1) is 0 Å². The monoisotopic (exact) mass is 342 g/mol. The van der Waals surface area contributed by atoms with Crippen LogP contribution in [-0.4, -0.2) is 16.8 Å². The molecule has 0 bridgehead atoms. The number of fused-ring (bicyclic) bond motifs is 2. The fourth-order valence-electron chi connectivity index (χ4n) is 3.21. The van der Waals surface area contributed by atoms with E-state index in [4.69, 9.17) is 5.73 Å². The van der Waals surface area contributed by atoms with E-state index < -0.39 is 6.03 Å². The highest BCUT2D eigenvalue weighted by molar-refractivity contribution is 5.99. The number of nitrogens with one attached hydrogen (secondary N) is 1. The molecule has 5 nitrogen and oxygen atoms in total. The molecule has 0 aliphatic heterocycles. The SMILES string of the molecule is NC(=O)N/N=C\c1cn(Cc2ccc3ccccc3c2)c2ccccc12. The molecule has 3 N–H and O–H groups in total. The van der Waals surface area contributed by atoms with Crippen molar-refractivity contribution in [2.75, 3.05) is 0 Å². The number of urea groups is 1. The Morgan fingerprint density at radius 2 is 1.81 bits per heavy atom. The van der Waals surface area contributed by atoms with E-state index in [2.05, 4.69) is 57.6 Å². The van der Waals surface area contributed by atoms with Gasteiger partial charge in [-0.15, -0.1) is 0 Å². The fraction of sp³-hybridized carbons (Fsp3) is 0.0476. The number of carbonyl (C=O) groups excluding carboxylic acids is 1. The zero-order chi connectivity index (χ0) is 17.9. The van der Waals surface area contributed by atoms with Crippen LogP contribution in [0.1, 0.15) is 11.1 Å². The van der Waals surface area contributed by atoms with Gasteiger partial charge in [-0.25, -0.2) is 10.2 Å². The Hall–Kier alpha value is -3.60. The predicted octanol–water partition coefficient (Wildman–Crippen LogP) is 3.85. The molecule has 0 saturated heterocycles. The van der Waals surface area contributed by atoms with E-state index in [1.807, 2.05) is 30.5 Å². The minimum Gasteiger partial charge on any atom is -0.350 e. The van der Waals surface area contributed by atoms with Crippen LogP contribution in [0.3, 0.4) is 0 Å². The second-order valence-corrected chi connectivity index (χ2v) is 6.15. The number of hydrazone groups is 1. The molecule has 5 heteroatoms. The van der Waals surface area contributed by atoms with E-state index in [1.165, 1.54) is 16.3 Å². The van der Waals surface area contributed by atoms with Crippen LogP contribution >= 0.6 is 0 Å². The maximum Gasteiger partial charge on any atom is 0.332 e. The lowest BCUT2D eigenvalue weighted by Gasteiger charge is -2.07. The van der Waals surface area contributed by atoms with Gasteiger partial charge < -0.3 is 10.3 Å². The molecular weight excluding hydrogens is 324 g/mol. The van der Waals surface area contributed by atoms with Crippen molar-refractivity contribution in [3.8, 4) is 0 Å². The lowest BCUT2D eigenvalue weighted by Crippen LogP contribution is -2.24. The number of nitrogens with two attached hydrogens (primary N) is 1. The van der Waals surface area contributed by atoms with Gasteiger partial charge >= 0.3 is 6.03 Å². The summed E-state index contributed by atoms with van der Waals surface area (Å²) >= 11 is 0. The van der Waals surface area contributed by atoms with E-state index in [0.29, 0.717) is 0 Å². The lowest BCUT2D eigenvalue weighted by atomic mass is 10.1. The number of primary amides is 1. The first-order valence-corrected chi connectivity index (χ1v) is 8.35. The van der Waals surface area contributed by atoms with E-state index >= 15 is 0 Å². The molecule has 0 aliphatic rings. The summed E-state index contributed by atoms with van der Waals surface area (Å²) in [6.45, 7) is 0.752. The van der Waals surface area contributed by atoms with Gasteiger partial charge in [-0.2, -0.15) is 5.10 Å². The maximum atomic E-state index is 10.8. The van der Waals surface area contributed by atoms with Crippen molar-refractivity contribution >= 4 is 33.9 Å². The highest BCUT2D eigenvalue weighted by atomic mass is 16.2. The number of carbonyl (C=O) groups is 1. The third kappa shape index (κ3) is 3.15. The van der Waals surface area contributed by atoms with Gasteiger partial charge in [0.05, 0.1) is 6.21 Å². The zero-order valence-electron chi connectivity index (χ0n) is 14.1. The first-order valence-electron chi connectivity index (χ1n) is 8.35. The number of aromatic nitrogens is 1. The number of amides is 2. The minimum absolute atomic E-state index is 0.679. The van der Waals surface area contributed by atoms with Crippen molar-refractivity contribution in [3.63, 3.8) is 0 Å². The van der Waals surface area contributed by atoms with Crippen molar-refractivity contribution in [1.29, 1.82) is 0 Å². The van der Waals surface area contributed by atoms with Crippen molar-refractivity contribution < 1.29 is 4.79 Å². The molecular formula is C21H18N4O. The Bertz CT molecular complexity index is 1130. The van der Waals surface area contributed by atoms with Gasteiger partial charge in [-0.1, -0.05) is 54.6 Å². The molecule has 0 unspecified atom stereocenters.